The van der Waals surface area contributed by atoms with Crippen LogP contribution in [0.15, 0.2) is 18.2 Å². The Morgan fingerprint density at radius 1 is 1.06 bits per heavy atom. The van der Waals surface area contributed by atoms with Gasteiger partial charge in [0.1, 0.15) is 0 Å². The Kier molecular flexibility index (Phi) is 4.55. The van der Waals surface area contributed by atoms with Gasteiger partial charge in [-0.2, -0.15) is 0 Å². The van der Waals surface area contributed by atoms with Gasteiger partial charge in [-0.25, -0.2) is 0 Å². The summed E-state index contributed by atoms with van der Waals surface area (Å²) < 4.78 is 0. The molecule has 2 nitrogen and oxygen atoms in total. The number of nitrogens with one attached hydrogen (secondary N) is 1. The Labute approximate surface area is 112 Å². The highest BCUT2D eigenvalue weighted by molar-refractivity contribution is 6.42. The first-order valence-corrected chi connectivity index (χ1v) is 6.89. The van der Waals surface area contributed by atoms with Crippen molar-refractivity contribution in [1.82, 2.24) is 0 Å². The molecule has 0 spiro atoms. The minimum Gasteiger partial charge on any atom is -0.381 e. The van der Waals surface area contributed by atoms with Crippen LogP contribution in [0.4, 0.5) is 5.69 Å². The van der Waals surface area contributed by atoms with Crippen molar-refractivity contribution in [2.24, 2.45) is 5.73 Å². The minimum absolute atomic E-state index is 0.229. The summed E-state index contributed by atoms with van der Waals surface area (Å²) in [5.41, 5.74) is 7.17. The molecule has 0 aromatic heterocycles. The second kappa shape index (κ2) is 5.94. The number of rotatable bonds is 2. The lowest BCUT2D eigenvalue weighted by Gasteiger charge is -2.24. The van der Waals surface area contributed by atoms with Crippen LogP contribution in [0.3, 0.4) is 0 Å². The molecular weight excluding hydrogens is 255 g/mol. The van der Waals surface area contributed by atoms with E-state index in [0.717, 1.165) is 18.5 Å². The number of benzene rings is 1. The summed E-state index contributed by atoms with van der Waals surface area (Å²) in [5.74, 6) is 0. The van der Waals surface area contributed by atoms with Crippen molar-refractivity contribution in [2.75, 3.05) is 5.32 Å². The highest BCUT2D eigenvalue weighted by Gasteiger charge is 2.20. The predicted octanol–water partition coefficient (Wildman–Crippen LogP) is 4.07. The van der Waals surface area contributed by atoms with Gasteiger partial charge < -0.3 is 11.1 Å². The fraction of sp³-hybridized carbons (Fsp3) is 0.538. The SMILES string of the molecule is N[C@@H]1CCCCC[C@H]1Nc1ccc(Cl)c(Cl)c1. The van der Waals surface area contributed by atoms with E-state index in [2.05, 4.69) is 5.32 Å². The monoisotopic (exact) mass is 272 g/mol. The highest BCUT2D eigenvalue weighted by Crippen LogP contribution is 2.27. The number of hydrogen-bond donors (Lipinski definition) is 2. The van der Waals surface area contributed by atoms with Gasteiger partial charge >= 0.3 is 0 Å². The molecule has 0 aliphatic heterocycles. The van der Waals surface area contributed by atoms with E-state index >= 15 is 0 Å². The molecule has 94 valence electrons. The zero-order chi connectivity index (χ0) is 12.3. The third kappa shape index (κ3) is 3.51. The second-order valence-electron chi connectivity index (χ2n) is 4.68. The first-order chi connectivity index (χ1) is 8.16. The smallest absolute Gasteiger partial charge is 0.0612 e. The third-order valence-electron chi connectivity index (χ3n) is 3.34. The summed E-state index contributed by atoms with van der Waals surface area (Å²) in [6, 6.07) is 6.20. The third-order valence-corrected chi connectivity index (χ3v) is 4.08. The Bertz CT molecular complexity index is 382. The van der Waals surface area contributed by atoms with Crippen molar-refractivity contribution in [3.8, 4) is 0 Å². The van der Waals surface area contributed by atoms with Crippen molar-refractivity contribution in [3.05, 3.63) is 28.2 Å². The molecule has 0 saturated heterocycles. The van der Waals surface area contributed by atoms with Gasteiger partial charge in [-0.15, -0.1) is 0 Å². The van der Waals surface area contributed by atoms with Crippen molar-refractivity contribution in [3.63, 3.8) is 0 Å². The normalized spacial score (nSPS) is 25.4. The van der Waals surface area contributed by atoms with E-state index in [1.807, 2.05) is 18.2 Å². The zero-order valence-corrected chi connectivity index (χ0v) is 11.3. The molecule has 3 N–H and O–H groups in total. The number of halogens is 2. The lowest BCUT2D eigenvalue weighted by atomic mass is 10.0. The lowest BCUT2D eigenvalue weighted by Crippen LogP contribution is -2.39. The van der Waals surface area contributed by atoms with Gasteiger partial charge in [-0.05, 0) is 31.0 Å². The van der Waals surface area contributed by atoms with E-state index in [1.54, 1.807) is 0 Å². The van der Waals surface area contributed by atoms with E-state index in [1.165, 1.54) is 19.3 Å². The average Bonchev–Trinajstić information content (AvgIpc) is 2.50. The fourth-order valence-electron chi connectivity index (χ4n) is 2.32. The lowest BCUT2D eigenvalue weighted by molar-refractivity contribution is 0.528. The molecular formula is C13H18Cl2N2. The summed E-state index contributed by atoms with van der Waals surface area (Å²) >= 11 is 11.9. The van der Waals surface area contributed by atoms with Crippen LogP contribution >= 0.6 is 23.2 Å². The van der Waals surface area contributed by atoms with Crippen LogP contribution < -0.4 is 11.1 Å². The van der Waals surface area contributed by atoms with Crippen LogP contribution in [0.5, 0.6) is 0 Å². The van der Waals surface area contributed by atoms with E-state index in [9.17, 15) is 0 Å². The van der Waals surface area contributed by atoms with Crippen LogP contribution in [0, 0.1) is 0 Å². The van der Waals surface area contributed by atoms with Crippen molar-refractivity contribution < 1.29 is 0 Å². The van der Waals surface area contributed by atoms with Gasteiger partial charge in [0.2, 0.25) is 0 Å². The number of nitrogens with two attached hydrogens (primary N) is 1. The Morgan fingerprint density at radius 3 is 2.59 bits per heavy atom. The van der Waals surface area contributed by atoms with Gasteiger partial charge in [0.15, 0.2) is 0 Å². The predicted molar refractivity (Wildman–Crippen MR) is 74.9 cm³/mol. The molecule has 0 radical (unpaired) electrons. The molecule has 1 aliphatic rings. The molecule has 4 heteroatoms. The molecule has 1 saturated carbocycles. The van der Waals surface area contributed by atoms with Crippen molar-refractivity contribution in [1.29, 1.82) is 0 Å². The molecule has 0 unspecified atom stereocenters. The second-order valence-corrected chi connectivity index (χ2v) is 5.50. The average molecular weight is 273 g/mol. The molecule has 1 fully saturated rings. The maximum Gasteiger partial charge on any atom is 0.0612 e. The van der Waals surface area contributed by atoms with E-state index in [-0.39, 0.29) is 6.04 Å². The summed E-state index contributed by atoms with van der Waals surface area (Å²) in [6.45, 7) is 0. The van der Waals surface area contributed by atoms with Crippen LogP contribution in [0.1, 0.15) is 32.1 Å². The van der Waals surface area contributed by atoms with Crippen LogP contribution in [0.25, 0.3) is 0 Å². The fourth-order valence-corrected chi connectivity index (χ4v) is 2.61. The van der Waals surface area contributed by atoms with Crippen molar-refractivity contribution >= 4 is 28.9 Å². The Hall–Kier alpha value is -0.440. The molecule has 0 heterocycles. The molecule has 0 bridgehead atoms. The molecule has 1 aliphatic carbocycles. The molecule has 0 amide bonds. The van der Waals surface area contributed by atoms with E-state index in [4.69, 9.17) is 28.9 Å². The van der Waals surface area contributed by atoms with Gasteiger partial charge in [0, 0.05) is 17.8 Å². The summed E-state index contributed by atoms with van der Waals surface area (Å²) in [4.78, 5) is 0. The molecule has 2 rings (SSSR count). The molecule has 1 aromatic carbocycles. The summed E-state index contributed by atoms with van der Waals surface area (Å²) in [7, 11) is 0. The van der Waals surface area contributed by atoms with Crippen molar-refractivity contribution in [2.45, 2.75) is 44.2 Å². The van der Waals surface area contributed by atoms with Crippen LogP contribution in [-0.4, -0.2) is 12.1 Å². The topological polar surface area (TPSA) is 38.0 Å². The number of hydrogen-bond acceptors (Lipinski definition) is 2. The van der Waals surface area contributed by atoms with Gasteiger partial charge in [-0.3, -0.25) is 0 Å². The first kappa shape index (κ1) is 13.0. The largest absolute Gasteiger partial charge is 0.381 e. The minimum atomic E-state index is 0.229. The van der Waals surface area contributed by atoms with E-state index < -0.39 is 0 Å². The molecule has 17 heavy (non-hydrogen) atoms. The van der Waals surface area contributed by atoms with Crippen LogP contribution in [0.2, 0.25) is 10.0 Å². The van der Waals surface area contributed by atoms with Gasteiger partial charge in [0.25, 0.3) is 0 Å². The number of anilines is 1. The zero-order valence-electron chi connectivity index (χ0n) is 9.76. The highest BCUT2D eigenvalue weighted by atomic mass is 35.5. The summed E-state index contributed by atoms with van der Waals surface area (Å²) in [5, 5.41) is 4.64. The quantitative estimate of drug-likeness (QED) is 0.797. The Balaban J connectivity index is 2.05. The van der Waals surface area contributed by atoms with E-state index in [0.29, 0.717) is 16.1 Å². The molecule has 2 atom stereocenters. The van der Waals surface area contributed by atoms with Gasteiger partial charge in [-0.1, -0.05) is 42.5 Å². The Morgan fingerprint density at radius 2 is 1.82 bits per heavy atom. The maximum absolute atomic E-state index is 6.17. The standard InChI is InChI=1S/C13H18Cl2N2/c14-10-7-6-9(8-11(10)15)17-13-5-3-1-2-4-12(13)16/h6-8,12-13,17H,1-5,16H2/t12-,13-/m1/s1. The van der Waals surface area contributed by atoms with Gasteiger partial charge in [0.05, 0.1) is 10.0 Å². The first-order valence-electron chi connectivity index (χ1n) is 6.14. The summed E-state index contributed by atoms with van der Waals surface area (Å²) in [6.07, 6.45) is 5.99. The van der Waals surface area contributed by atoms with Crippen LogP contribution in [-0.2, 0) is 0 Å². The molecule has 1 aromatic rings. The maximum atomic E-state index is 6.17.